The van der Waals surface area contributed by atoms with E-state index in [-0.39, 0.29) is 18.3 Å². The number of fused-ring (bicyclic) bond motifs is 1. The summed E-state index contributed by atoms with van der Waals surface area (Å²) in [5.74, 6) is 0. The van der Waals surface area contributed by atoms with Gasteiger partial charge in [-0.15, -0.1) is 0 Å². The Bertz CT molecular complexity index is 863. The summed E-state index contributed by atoms with van der Waals surface area (Å²) in [4.78, 5) is 0. The molecule has 0 atom stereocenters. The Hall–Kier alpha value is -1.63. The third-order valence-electron chi connectivity index (χ3n) is 4.40. The highest BCUT2D eigenvalue weighted by Crippen LogP contribution is 2.30. The van der Waals surface area contributed by atoms with E-state index < -0.39 is 12.7 Å². The van der Waals surface area contributed by atoms with Gasteiger partial charge in [-0.25, -0.2) is 4.57 Å². The summed E-state index contributed by atoms with van der Waals surface area (Å²) < 4.78 is 35.4. The quantitative estimate of drug-likeness (QED) is 0.674. The van der Waals surface area contributed by atoms with Gasteiger partial charge in [0.05, 0.1) is 0 Å². The van der Waals surface area contributed by atoms with Crippen LogP contribution in [0.15, 0.2) is 30.5 Å². The average Bonchev–Trinajstić information content (AvgIpc) is 2.51. The molecule has 1 heterocycles. The molecule has 0 fully saturated rings. The number of benzene rings is 1. The summed E-state index contributed by atoms with van der Waals surface area (Å²) in [5, 5.41) is 0. The van der Waals surface area contributed by atoms with E-state index in [9.17, 15) is 0 Å². The maximum atomic E-state index is 8.38. The zero-order valence-corrected chi connectivity index (χ0v) is 14.2. The molecule has 0 radical (unpaired) electrons. The minimum Gasteiger partial charge on any atom is -0.201 e. The van der Waals surface area contributed by atoms with Crippen molar-refractivity contribution in [1.29, 1.82) is 0 Å². The smallest absolute Gasteiger partial charge is 0.201 e. The molecule has 1 nitrogen and oxygen atoms in total. The first-order valence-corrected chi connectivity index (χ1v) is 7.99. The molecule has 0 bridgehead atoms. The number of pyridine rings is 1. The lowest BCUT2D eigenvalue weighted by molar-refractivity contribution is -0.661. The highest BCUT2D eigenvalue weighted by Gasteiger charge is 2.21. The maximum absolute atomic E-state index is 8.38. The van der Waals surface area contributed by atoms with Crippen LogP contribution in [-0.2, 0) is 25.2 Å². The van der Waals surface area contributed by atoms with E-state index in [0.29, 0.717) is 11.1 Å². The van der Waals surface area contributed by atoms with Crippen LogP contribution < -0.4 is 4.57 Å². The van der Waals surface area contributed by atoms with Crippen LogP contribution in [0, 0.1) is 6.92 Å². The van der Waals surface area contributed by atoms with Gasteiger partial charge in [0.15, 0.2) is 6.20 Å². The van der Waals surface area contributed by atoms with Gasteiger partial charge >= 0.3 is 0 Å². The van der Waals surface area contributed by atoms with Crippen LogP contribution in [-0.4, -0.2) is 0 Å². The average molecular weight is 298 g/mol. The zero-order valence-electron chi connectivity index (χ0n) is 18.2. The van der Waals surface area contributed by atoms with E-state index in [1.54, 1.807) is 0 Å². The Kier molecular flexibility index (Phi) is 2.76. The highest BCUT2D eigenvalue weighted by atomic mass is 14.9. The van der Waals surface area contributed by atoms with Crippen LogP contribution in [0.25, 0.3) is 11.3 Å². The summed E-state index contributed by atoms with van der Waals surface area (Å²) in [5.41, 5.74) is 5.26. The topological polar surface area (TPSA) is 3.88 Å². The van der Waals surface area contributed by atoms with Gasteiger partial charge < -0.3 is 0 Å². The fourth-order valence-corrected chi connectivity index (χ4v) is 3.00. The van der Waals surface area contributed by atoms with Gasteiger partial charge in [0.2, 0.25) is 5.69 Å². The van der Waals surface area contributed by atoms with E-state index in [1.165, 1.54) is 5.56 Å². The van der Waals surface area contributed by atoms with Crippen molar-refractivity contribution in [3.05, 3.63) is 52.7 Å². The third kappa shape index (κ3) is 2.82. The van der Waals surface area contributed by atoms with Gasteiger partial charge in [-0.1, -0.05) is 26.8 Å². The molecule has 116 valence electrons. The van der Waals surface area contributed by atoms with Gasteiger partial charge in [-0.2, -0.15) is 0 Å². The summed E-state index contributed by atoms with van der Waals surface area (Å²) >= 11 is 0. The molecular formula is C21H28N+. The molecule has 1 aliphatic rings. The van der Waals surface area contributed by atoms with E-state index in [4.69, 9.17) is 5.48 Å². The second kappa shape index (κ2) is 5.53. The fourth-order valence-electron chi connectivity index (χ4n) is 3.00. The number of hydrogen-bond donors (Lipinski definition) is 0. The van der Waals surface area contributed by atoms with Crippen molar-refractivity contribution in [1.82, 2.24) is 0 Å². The molecule has 0 saturated heterocycles. The van der Waals surface area contributed by atoms with E-state index in [1.807, 2.05) is 26.1 Å². The minimum atomic E-state index is -1.49. The summed E-state index contributed by atoms with van der Waals surface area (Å²) in [6.07, 6.45) is -0.400. The standard InChI is InChI=1S/C21H28N/c1-15-12-16-8-6-7-9-17(16)13-19(15)20-11-10-18(14-22(20)5)21(2,3)4/h10-14H,6-9H2,1-5H3/q+1/i8D2,9D2. The Balaban J connectivity index is 2.19. The predicted octanol–water partition coefficient (Wildman–Crippen LogP) is 4.66. The normalized spacial score (nSPS) is 22.0. The van der Waals surface area contributed by atoms with Crippen molar-refractivity contribution in [3.8, 4) is 11.3 Å². The molecule has 0 saturated carbocycles. The molecule has 1 aromatic carbocycles. The Labute approximate surface area is 140 Å². The van der Waals surface area contributed by atoms with E-state index >= 15 is 0 Å². The van der Waals surface area contributed by atoms with Crippen LogP contribution in [0.5, 0.6) is 0 Å². The molecule has 22 heavy (non-hydrogen) atoms. The number of aryl methyl sites for hydroxylation is 4. The van der Waals surface area contributed by atoms with Crippen LogP contribution in [0.2, 0.25) is 0 Å². The van der Waals surface area contributed by atoms with Gasteiger partial charge in [0.1, 0.15) is 7.05 Å². The molecule has 0 spiro atoms. The molecule has 1 aliphatic carbocycles. The van der Waals surface area contributed by atoms with Crippen molar-refractivity contribution in [3.63, 3.8) is 0 Å². The molecule has 0 aliphatic heterocycles. The Morgan fingerprint density at radius 1 is 1.05 bits per heavy atom. The number of nitrogens with zero attached hydrogens (tertiary/aromatic N) is 1. The van der Waals surface area contributed by atoms with Crippen molar-refractivity contribution in [2.24, 2.45) is 7.05 Å². The fraction of sp³-hybridized carbons (Fsp3) is 0.476. The molecule has 0 unspecified atom stereocenters. The molecule has 1 aromatic heterocycles. The van der Waals surface area contributed by atoms with Crippen molar-refractivity contribution >= 4 is 0 Å². The first-order valence-electron chi connectivity index (χ1n) is 9.99. The largest absolute Gasteiger partial charge is 0.212 e. The van der Waals surface area contributed by atoms with Crippen LogP contribution in [0.4, 0.5) is 0 Å². The zero-order chi connectivity index (χ0) is 19.5. The summed E-state index contributed by atoms with van der Waals surface area (Å²) in [6, 6.07) is 7.93. The molecule has 1 heteroatoms. The SMILES string of the molecule is [2H]C1([2H])CCC([2H])([2H])c2cc(-c3ccc(C(C)(C)C)c[n+]3C)c(C)cc21. The number of hydrogen-bond acceptors (Lipinski definition) is 0. The summed E-state index contributed by atoms with van der Waals surface area (Å²) in [7, 11) is 2.01. The first kappa shape index (κ1) is 11.0. The van der Waals surface area contributed by atoms with Gasteiger partial charge in [-0.05, 0) is 66.7 Å². The highest BCUT2D eigenvalue weighted by molar-refractivity contribution is 5.63. The van der Waals surface area contributed by atoms with Crippen molar-refractivity contribution in [2.45, 2.75) is 58.7 Å². The van der Waals surface area contributed by atoms with E-state index in [0.717, 1.165) is 16.8 Å². The van der Waals surface area contributed by atoms with Crippen molar-refractivity contribution in [2.75, 3.05) is 0 Å². The summed E-state index contributed by atoms with van der Waals surface area (Å²) in [6.45, 7) is 8.53. The lowest BCUT2D eigenvalue weighted by atomic mass is 9.86. The van der Waals surface area contributed by atoms with Crippen LogP contribution in [0.1, 0.15) is 61.3 Å². The minimum absolute atomic E-state index is 0.0642. The van der Waals surface area contributed by atoms with Crippen LogP contribution in [0.3, 0.4) is 0 Å². The van der Waals surface area contributed by atoms with Gasteiger partial charge in [0, 0.05) is 22.7 Å². The lowest BCUT2D eigenvalue weighted by Gasteiger charge is -2.19. The number of aromatic nitrogens is 1. The Morgan fingerprint density at radius 3 is 2.27 bits per heavy atom. The van der Waals surface area contributed by atoms with Crippen molar-refractivity contribution < 1.29 is 10.1 Å². The van der Waals surface area contributed by atoms with Gasteiger partial charge in [-0.3, -0.25) is 0 Å². The lowest BCUT2D eigenvalue weighted by Crippen LogP contribution is -2.33. The molecule has 0 amide bonds. The third-order valence-corrected chi connectivity index (χ3v) is 4.40. The molecular weight excluding hydrogens is 266 g/mol. The van der Waals surface area contributed by atoms with Crippen LogP contribution >= 0.6 is 0 Å². The van der Waals surface area contributed by atoms with E-state index in [2.05, 4.69) is 43.7 Å². The first-order chi connectivity index (χ1) is 11.8. The molecule has 2 aromatic rings. The van der Waals surface area contributed by atoms with Gasteiger partial charge in [0.25, 0.3) is 0 Å². The monoisotopic (exact) mass is 298 g/mol. The molecule has 3 rings (SSSR count). The Morgan fingerprint density at radius 2 is 1.68 bits per heavy atom. The molecule has 0 N–H and O–H groups in total. The second-order valence-electron chi connectivity index (χ2n) is 7.23. The maximum Gasteiger partial charge on any atom is 0.212 e. The predicted molar refractivity (Wildman–Crippen MR) is 93.1 cm³/mol. The second-order valence-corrected chi connectivity index (χ2v) is 7.23. The number of rotatable bonds is 1.